The van der Waals surface area contributed by atoms with Gasteiger partial charge in [-0.25, -0.2) is 4.98 Å². The summed E-state index contributed by atoms with van der Waals surface area (Å²) in [5, 5.41) is 10.4. The second kappa shape index (κ2) is 5.64. The quantitative estimate of drug-likeness (QED) is 0.852. The van der Waals surface area contributed by atoms with E-state index in [9.17, 15) is 10.1 Å². The van der Waals surface area contributed by atoms with Gasteiger partial charge in [0.15, 0.2) is 0 Å². The number of hydrogen-bond acceptors (Lipinski definition) is 4. The van der Waals surface area contributed by atoms with Crippen LogP contribution in [0.15, 0.2) is 36.4 Å². The molecule has 23 heavy (non-hydrogen) atoms. The molecule has 5 heteroatoms. The first kappa shape index (κ1) is 14.2. The molecule has 1 amide bonds. The van der Waals surface area contributed by atoms with Gasteiger partial charge in [0.05, 0.1) is 18.1 Å². The largest absolute Gasteiger partial charge is 0.333 e. The topological polar surface area (TPSA) is 60.2 Å². The second-order valence-corrected chi connectivity index (χ2v) is 6.25. The minimum Gasteiger partial charge on any atom is -0.333 e. The van der Waals surface area contributed by atoms with Gasteiger partial charge in [0, 0.05) is 24.5 Å². The van der Waals surface area contributed by atoms with Gasteiger partial charge in [-0.3, -0.25) is 9.69 Å². The third-order valence-corrected chi connectivity index (χ3v) is 4.69. The monoisotopic (exact) mass is 306 g/mol. The number of piperazine rings is 1. The van der Waals surface area contributed by atoms with Gasteiger partial charge in [-0.15, -0.1) is 0 Å². The maximum atomic E-state index is 12.7. The van der Waals surface area contributed by atoms with Crippen LogP contribution < -0.4 is 0 Å². The Bertz CT molecular complexity index is 793. The molecular weight excluding hydrogens is 288 g/mol. The van der Waals surface area contributed by atoms with Gasteiger partial charge in [0.25, 0.3) is 5.91 Å². The predicted octanol–water partition coefficient (Wildman–Crippen LogP) is 2.05. The maximum absolute atomic E-state index is 12.7. The molecule has 1 aliphatic heterocycles. The minimum atomic E-state index is -0.194. The Balaban J connectivity index is 1.54. The van der Waals surface area contributed by atoms with Crippen molar-refractivity contribution in [2.24, 2.45) is 0 Å². The van der Waals surface area contributed by atoms with E-state index in [1.165, 1.54) is 12.8 Å². The average Bonchev–Trinajstić information content (AvgIpc) is 3.45. The van der Waals surface area contributed by atoms with Crippen molar-refractivity contribution in [2.45, 2.75) is 24.9 Å². The maximum Gasteiger partial charge on any atom is 0.272 e. The molecule has 0 bridgehead atoms. The number of carbonyl (C=O) groups excluding carboxylic acids is 1. The zero-order valence-electron chi connectivity index (χ0n) is 12.9. The van der Waals surface area contributed by atoms with Crippen LogP contribution in [0.3, 0.4) is 0 Å². The number of nitrogens with zero attached hydrogens (tertiary/aromatic N) is 4. The van der Waals surface area contributed by atoms with Crippen LogP contribution in [0, 0.1) is 11.3 Å². The Kier molecular flexibility index (Phi) is 3.47. The Hall–Kier alpha value is -2.45. The van der Waals surface area contributed by atoms with Crippen LogP contribution in [-0.4, -0.2) is 52.4 Å². The van der Waals surface area contributed by atoms with Crippen LogP contribution in [0.1, 0.15) is 23.3 Å². The summed E-state index contributed by atoms with van der Waals surface area (Å²) in [4.78, 5) is 21.2. The van der Waals surface area contributed by atoms with Crippen molar-refractivity contribution in [2.75, 3.05) is 19.6 Å². The minimum absolute atomic E-state index is 0.0774. The molecule has 2 fully saturated rings. The summed E-state index contributed by atoms with van der Waals surface area (Å²) in [7, 11) is 0. The third kappa shape index (κ3) is 2.66. The number of amides is 1. The molecule has 4 rings (SSSR count). The van der Waals surface area contributed by atoms with Crippen molar-refractivity contribution in [3.05, 3.63) is 42.1 Å². The number of hydrogen-bond donors (Lipinski definition) is 0. The molecule has 2 heterocycles. The summed E-state index contributed by atoms with van der Waals surface area (Å²) in [6.45, 7) is 1.92. The standard InChI is InChI=1S/C18H18N4O/c19-11-15-12-21(9-10-22(15)14-6-7-14)18(23)17-8-5-13-3-1-2-4-16(13)20-17/h1-5,8,14-15H,6-7,9-10,12H2. The molecule has 1 saturated heterocycles. The molecule has 2 aliphatic rings. The van der Waals surface area contributed by atoms with E-state index in [4.69, 9.17) is 0 Å². The summed E-state index contributed by atoms with van der Waals surface area (Å²) >= 11 is 0. The first-order valence-corrected chi connectivity index (χ1v) is 8.07. The zero-order chi connectivity index (χ0) is 15.8. The number of pyridine rings is 1. The average molecular weight is 306 g/mol. The number of rotatable bonds is 2. The molecule has 2 aromatic rings. The first-order chi connectivity index (χ1) is 11.3. The Morgan fingerprint density at radius 3 is 2.78 bits per heavy atom. The van der Waals surface area contributed by atoms with E-state index >= 15 is 0 Å². The Labute approximate surface area is 135 Å². The SMILES string of the molecule is N#CC1CN(C(=O)c2ccc3ccccc3n2)CCN1C1CC1. The molecule has 1 aromatic heterocycles. The normalized spacial score (nSPS) is 22.0. The van der Waals surface area contributed by atoms with E-state index < -0.39 is 0 Å². The fourth-order valence-corrected chi connectivity index (χ4v) is 3.29. The summed E-state index contributed by atoms with van der Waals surface area (Å²) in [5.41, 5.74) is 1.28. The summed E-state index contributed by atoms with van der Waals surface area (Å²) in [6, 6.07) is 14.2. The van der Waals surface area contributed by atoms with Gasteiger partial charge < -0.3 is 4.90 Å². The molecule has 1 atom stereocenters. The number of aromatic nitrogens is 1. The fraction of sp³-hybridized carbons (Fsp3) is 0.389. The Morgan fingerprint density at radius 1 is 1.17 bits per heavy atom. The number of carbonyl (C=O) groups is 1. The second-order valence-electron chi connectivity index (χ2n) is 6.25. The fourth-order valence-electron chi connectivity index (χ4n) is 3.29. The van der Waals surface area contributed by atoms with Gasteiger partial charge in [-0.1, -0.05) is 24.3 Å². The number of nitriles is 1. The summed E-state index contributed by atoms with van der Waals surface area (Å²) < 4.78 is 0. The van der Waals surface area contributed by atoms with Crippen molar-refractivity contribution >= 4 is 16.8 Å². The number of para-hydroxylation sites is 1. The van der Waals surface area contributed by atoms with Crippen LogP contribution in [0.2, 0.25) is 0 Å². The smallest absolute Gasteiger partial charge is 0.272 e. The van der Waals surface area contributed by atoms with Crippen LogP contribution in [0.5, 0.6) is 0 Å². The van der Waals surface area contributed by atoms with Crippen molar-refractivity contribution in [3.63, 3.8) is 0 Å². The highest BCUT2D eigenvalue weighted by atomic mass is 16.2. The Morgan fingerprint density at radius 2 is 2.00 bits per heavy atom. The number of fused-ring (bicyclic) bond motifs is 1. The van der Waals surface area contributed by atoms with E-state index in [2.05, 4.69) is 16.0 Å². The van der Waals surface area contributed by atoms with Crippen LogP contribution in [0.4, 0.5) is 0 Å². The molecule has 116 valence electrons. The molecule has 1 aliphatic carbocycles. The van der Waals surface area contributed by atoms with E-state index in [1.54, 1.807) is 11.0 Å². The van der Waals surface area contributed by atoms with Gasteiger partial charge in [-0.05, 0) is 25.0 Å². The molecule has 1 unspecified atom stereocenters. The van der Waals surface area contributed by atoms with Crippen LogP contribution in [0.25, 0.3) is 10.9 Å². The molecule has 5 nitrogen and oxygen atoms in total. The van der Waals surface area contributed by atoms with Crippen molar-refractivity contribution in [1.82, 2.24) is 14.8 Å². The van der Waals surface area contributed by atoms with E-state index in [1.807, 2.05) is 30.3 Å². The predicted molar refractivity (Wildman–Crippen MR) is 86.8 cm³/mol. The summed E-state index contributed by atoms with van der Waals surface area (Å²) in [5.74, 6) is -0.0774. The molecule has 0 spiro atoms. The van der Waals surface area contributed by atoms with Crippen LogP contribution >= 0.6 is 0 Å². The van der Waals surface area contributed by atoms with Gasteiger partial charge in [0.1, 0.15) is 11.7 Å². The van der Waals surface area contributed by atoms with Gasteiger partial charge in [0.2, 0.25) is 0 Å². The lowest BCUT2D eigenvalue weighted by atomic mass is 10.1. The molecular formula is C18H18N4O. The third-order valence-electron chi connectivity index (χ3n) is 4.69. The number of benzene rings is 1. The molecule has 0 N–H and O–H groups in total. The van der Waals surface area contributed by atoms with Crippen molar-refractivity contribution in [1.29, 1.82) is 5.26 Å². The van der Waals surface area contributed by atoms with E-state index in [0.717, 1.165) is 17.4 Å². The highest BCUT2D eigenvalue weighted by molar-refractivity contribution is 5.95. The highest BCUT2D eigenvalue weighted by Gasteiger charge is 2.38. The lowest BCUT2D eigenvalue weighted by Crippen LogP contribution is -2.55. The van der Waals surface area contributed by atoms with Gasteiger partial charge >= 0.3 is 0 Å². The van der Waals surface area contributed by atoms with E-state index in [0.29, 0.717) is 24.8 Å². The lowest BCUT2D eigenvalue weighted by Gasteiger charge is -2.38. The van der Waals surface area contributed by atoms with Crippen LogP contribution in [-0.2, 0) is 0 Å². The zero-order valence-corrected chi connectivity index (χ0v) is 12.9. The van der Waals surface area contributed by atoms with Gasteiger partial charge in [-0.2, -0.15) is 5.26 Å². The van der Waals surface area contributed by atoms with Crippen molar-refractivity contribution < 1.29 is 4.79 Å². The summed E-state index contributed by atoms with van der Waals surface area (Å²) in [6.07, 6.45) is 2.36. The molecule has 0 radical (unpaired) electrons. The van der Waals surface area contributed by atoms with Crippen molar-refractivity contribution in [3.8, 4) is 6.07 Å². The van der Waals surface area contributed by atoms with E-state index in [-0.39, 0.29) is 11.9 Å². The highest BCUT2D eigenvalue weighted by Crippen LogP contribution is 2.30. The lowest BCUT2D eigenvalue weighted by molar-refractivity contribution is 0.0545. The first-order valence-electron chi connectivity index (χ1n) is 8.07. The molecule has 1 saturated carbocycles. The molecule has 1 aromatic carbocycles.